The quantitative estimate of drug-likeness (QED) is 0.165. The molecule has 1 aliphatic rings. The van der Waals surface area contributed by atoms with Gasteiger partial charge in [-0.15, -0.1) is 0 Å². The highest BCUT2D eigenvalue weighted by molar-refractivity contribution is 6.33. The standard InChI is InChI=1S/C34H26ClNO7/c35-24-14-8-7-13-22(24)28-17-26(37)31-27(38)18-29(43-34(40)21-11-5-2-6-12-21)30(32(31)42-28)23-15-16-36-25(23)19-41-33(39)20-9-3-1-4-10-20/h1-14,17-18,23,25,36,38H,15-16,19H2/t23-,25+/m0/s1. The molecule has 4 aromatic carbocycles. The first-order valence-corrected chi connectivity index (χ1v) is 14.1. The molecule has 8 nitrogen and oxygen atoms in total. The summed E-state index contributed by atoms with van der Waals surface area (Å²) in [5.41, 5.74) is 1.17. The summed E-state index contributed by atoms with van der Waals surface area (Å²) in [6.07, 6.45) is 0.545. The van der Waals surface area contributed by atoms with Gasteiger partial charge in [-0.1, -0.05) is 60.1 Å². The molecule has 0 aliphatic carbocycles. The molecule has 5 aromatic rings. The van der Waals surface area contributed by atoms with E-state index < -0.39 is 35.1 Å². The van der Waals surface area contributed by atoms with E-state index in [1.165, 1.54) is 12.1 Å². The Morgan fingerprint density at radius 2 is 1.56 bits per heavy atom. The number of phenolic OH excluding ortho intramolecular Hbond substituents is 1. The third kappa shape index (κ3) is 5.75. The van der Waals surface area contributed by atoms with Gasteiger partial charge >= 0.3 is 11.9 Å². The molecule has 6 rings (SSSR count). The molecule has 0 spiro atoms. The van der Waals surface area contributed by atoms with Crippen molar-refractivity contribution in [3.05, 3.63) is 129 Å². The van der Waals surface area contributed by atoms with E-state index >= 15 is 0 Å². The minimum absolute atomic E-state index is 0.00126. The fourth-order valence-corrected chi connectivity index (χ4v) is 5.61. The van der Waals surface area contributed by atoms with Crippen molar-refractivity contribution < 1.29 is 28.6 Å². The van der Waals surface area contributed by atoms with Crippen molar-refractivity contribution in [3.8, 4) is 22.8 Å². The minimum atomic E-state index is -0.650. The molecule has 0 amide bonds. The summed E-state index contributed by atoms with van der Waals surface area (Å²) in [6, 6.07) is 26.1. The molecule has 0 unspecified atom stereocenters. The Morgan fingerprint density at radius 3 is 2.26 bits per heavy atom. The van der Waals surface area contributed by atoms with Crippen LogP contribution in [0.15, 0.2) is 106 Å². The van der Waals surface area contributed by atoms with Crippen LogP contribution >= 0.6 is 11.6 Å². The van der Waals surface area contributed by atoms with Gasteiger partial charge in [0.25, 0.3) is 0 Å². The van der Waals surface area contributed by atoms with Gasteiger partial charge in [-0.2, -0.15) is 0 Å². The second-order valence-electron chi connectivity index (χ2n) is 10.1. The fourth-order valence-electron chi connectivity index (χ4n) is 5.39. The predicted molar refractivity (Wildman–Crippen MR) is 162 cm³/mol. The molecule has 1 saturated heterocycles. The number of ether oxygens (including phenoxy) is 2. The van der Waals surface area contributed by atoms with Crippen molar-refractivity contribution >= 4 is 34.5 Å². The number of nitrogens with one attached hydrogen (secondary N) is 1. The number of esters is 2. The van der Waals surface area contributed by atoms with E-state index in [1.54, 1.807) is 78.9 Å². The highest BCUT2D eigenvalue weighted by atomic mass is 35.5. The van der Waals surface area contributed by atoms with Crippen molar-refractivity contribution in [2.24, 2.45) is 0 Å². The molecule has 9 heteroatoms. The summed E-state index contributed by atoms with van der Waals surface area (Å²) >= 11 is 6.43. The maximum absolute atomic E-state index is 13.4. The third-order valence-corrected chi connectivity index (χ3v) is 7.78. The predicted octanol–water partition coefficient (Wildman–Crippen LogP) is 6.34. The normalized spacial score (nSPS) is 16.2. The second kappa shape index (κ2) is 12.1. The van der Waals surface area contributed by atoms with Crippen molar-refractivity contribution in [2.45, 2.75) is 18.4 Å². The Labute approximate surface area is 251 Å². The Morgan fingerprint density at radius 1 is 0.907 bits per heavy atom. The molecule has 1 aromatic heterocycles. The van der Waals surface area contributed by atoms with E-state index in [4.69, 9.17) is 25.5 Å². The molecule has 0 bridgehead atoms. The van der Waals surface area contributed by atoms with Crippen LogP contribution in [0.1, 0.15) is 38.6 Å². The van der Waals surface area contributed by atoms with Crippen LogP contribution < -0.4 is 15.5 Å². The monoisotopic (exact) mass is 595 g/mol. The van der Waals surface area contributed by atoms with Crippen molar-refractivity contribution in [1.29, 1.82) is 0 Å². The first kappa shape index (κ1) is 28.2. The molecule has 1 aliphatic heterocycles. The largest absolute Gasteiger partial charge is 0.507 e. The topological polar surface area (TPSA) is 115 Å². The summed E-state index contributed by atoms with van der Waals surface area (Å²) in [7, 11) is 0. The van der Waals surface area contributed by atoms with Crippen molar-refractivity contribution in [2.75, 3.05) is 13.2 Å². The van der Waals surface area contributed by atoms with Gasteiger partial charge in [0, 0.05) is 35.2 Å². The van der Waals surface area contributed by atoms with E-state index in [0.717, 1.165) is 0 Å². The van der Waals surface area contributed by atoms with Crippen LogP contribution in [0.4, 0.5) is 0 Å². The van der Waals surface area contributed by atoms with Gasteiger partial charge in [-0.25, -0.2) is 9.59 Å². The Kier molecular flexibility index (Phi) is 7.96. The van der Waals surface area contributed by atoms with Gasteiger partial charge in [0.1, 0.15) is 34.8 Å². The van der Waals surface area contributed by atoms with Gasteiger partial charge in [-0.3, -0.25) is 4.79 Å². The van der Waals surface area contributed by atoms with Crippen LogP contribution in [-0.4, -0.2) is 36.2 Å². The average molecular weight is 596 g/mol. The highest BCUT2D eigenvalue weighted by Gasteiger charge is 2.36. The number of fused-ring (bicyclic) bond motifs is 1. The molecule has 1 fully saturated rings. The molecular formula is C34H26ClNO7. The lowest BCUT2D eigenvalue weighted by atomic mass is 9.89. The first-order valence-electron chi connectivity index (χ1n) is 13.7. The van der Waals surface area contributed by atoms with Crippen molar-refractivity contribution in [3.63, 3.8) is 0 Å². The summed E-state index contributed by atoms with van der Waals surface area (Å²) in [5, 5.41) is 14.7. The lowest BCUT2D eigenvalue weighted by molar-refractivity contribution is 0.0466. The third-order valence-electron chi connectivity index (χ3n) is 7.46. The highest BCUT2D eigenvalue weighted by Crippen LogP contribution is 2.44. The smallest absolute Gasteiger partial charge is 0.343 e. The van der Waals surface area contributed by atoms with Crippen LogP contribution in [0.5, 0.6) is 11.5 Å². The van der Waals surface area contributed by atoms with Crippen LogP contribution in [0, 0.1) is 0 Å². The molecule has 216 valence electrons. The molecule has 0 radical (unpaired) electrons. The molecule has 2 N–H and O–H groups in total. The summed E-state index contributed by atoms with van der Waals surface area (Å²) in [6.45, 7) is 0.558. The number of aromatic hydroxyl groups is 1. The zero-order valence-electron chi connectivity index (χ0n) is 22.8. The van der Waals surface area contributed by atoms with Gasteiger partial charge in [0.15, 0.2) is 5.43 Å². The zero-order chi connectivity index (χ0) is 29.9. The molecule has 2 atom stereocenters. The molecule has 2 heterocycles. The van der Waals surface area contributed by atoms with E-state index in [1.807, 2.05) is 6.07 Å². The van der Waals surface area contributed by atoms with E-state index in [-0.39, 0.29) is 29.1 Å². The fraction of sp³-hybridized carbons (Fsp3) is 0.147. The number of hydrogen-bond acceptors (Lipinski definition) is 8. The van der Waals surface area contributed by atoms with Gasteiger partial charge in [0.2, 0.25) is 0 Å². The van der Waals surface area contributed by atoms with Gasteiger partial charge in [0.05, 0.1) is 16.1 Å². The number of phenols is 1. The van der Waals surface area contributed by atoms with E-state index in [0.29, 0.717) is 40.2 Å². The van der Waals surface area contributed by atoms with Crippen LogP contribution in [0.3, 0.4) is 0 Å². The summed E-state index contributed by atoms with van der Waals surface area (Å²) in [4.78, 5) is 39.3. The first-order chi connectivity index (χ1) is 20.9. The average Bonchev–Trinajstić information content (AvgIpc) is 3.48. The zero-order valence-corrected chi connectivity index (χ0v) is 23.5. The van der Waals surface area contributed by atoms with Crippen molar-refractivity contribution in [1.82, 2.24) is 5.32 Å². The van der Waals surface area contributed by atoms with Crippen LogP contribution in [-0.2, 0) is 4.74 Å². The van der Waals surface area contributed by atoms with E-state index in [9.17, 15) is 19.5 Å². The maximum atomic E-state index is 13.4. The minimum Gasteiger partial charge on any atom is -0.507 e. The Bertz CT molecular complexity index is 1870. The lowest BCUT2D eigenvalue weighted by Crippen LogP contribution is -2.32. The molecule has 0 saturated carbocycles. The number of carbonyl (C=O) groups excluding carboxylic acids is 2. The Balaban J connectivity index is 1.47. The second-order valence-corrected chi connectivity index (χ2v) is 10.5. The SMILES string of the molecule is O=C(OC[C@H]1NCC[C@@H]1c1c(OC(=O)c2ccccc2)cc(O)c2c(=O)cc(-c3ccccc3Cl)oc12)c1ccccc1. The number of rotatable bonds is 7. The molecule has 43 heavy (non-hydrogen) atoms. The van der Waals surface area contributed by atoms with Crippen LogP contribution in [0.2, 0.25) is 5.02 Å². The number of benzene rings is 4. The van der Waals surface area contributed by atoms with Gasteiger partial charge in [-0.05, 0) is 49.4 Å². The van der Waals surface area contributed by atoms with Gasteiger partial charge < -0.3 is 24.3 Å². The lowest BCUT2D eigenvalue weighted by Gasteiger charge is -2.23. The maximum Gasteiger partial charge on any atom is 0.343 e. The van der Waals surface area contributed by atoms with E-state index in [2.05, 4.69) is 5.32 Å². The summed E-state index contributed by atoms with van der Waals surface area (Å²) in [5.74, 6) is -1.73. The van der Waals surface area contributed by atoms with Crippen LogP contribution in [0.25, 0.3) is 22.3 Å². The number of carbonyl (C=O) groups is 2. The summed E-state index contributed by atoms with van der Waals surface area (Å²) < 4.78 is 17.9. The number of hydrogen-bond donors (Lipinski definition) is 2. The molecular weight excluding hydrogens is 570 g/mol. The Hall–Kier alpha value is -4.92. The number of halogens is 1.